The molecule has 1 aliphatic rings. The maximum Gasteiger partial charge on any atom is 0.254 e. The van der Waals surface area contributed by atoms with Crippen molar-refractivity contribution in [2.24, 2.45) is 5.92 Å². The van der Waals surface area contributed by atoms with E-state index in [1.54, 1.807) is 0 Å². The van der Waals surface area contributed by atoms with E-state index >= 15 is 0 Å². The standard InChI is InChI=1S/C15H20INO/c1-11(2)4-3-8-17-9-7-12-5-6-13(16)10-14(12)15(17)18/h5-6,10-11H,3-4,7-9H2,1-2H3. The van der Waals surface area contributed by atoms with E-state index in [1.165, 1.54) is 12.0 Å². The molecule has 18 heavy (non-hydrogen) atoms. The molecule has 0 saturated heterocycles. The number of carbonyl (C=O) groups excluding carboxylic acids is 1. The number of rotatable bonds is 4. The van der Waals surface area contributed by atoms with Gasteiger partial charge in [0.05, 0.1) is 0 Å². The number of carbonyl (C=O) groups is 1. The third kappa shape index (κ3) is 3.25. The average Bonchev–Trinajstić information content (AvgIpc) is 2.32. The molecule has 1 aromatic rings. The van der Waals surface area contributed by atoms with Crippen LogP contribution in [0.4, 0.5) is 0 Å². The Morgan fingerprint density at radius 3 is 2.89 bits per heavy atom. The zero-order valence-electron chi connectivity index (χ0n) is 11.1. The summed E-state index contributed by atoms with van der Waals surface area (Å²) in [5.74, 6) is 0.941. The first-order valence-electron chi connectivity index (χ1n) is 6.65. The van der Waals surface area contributed by atoms with Crippen molar-refractivity contribution in [3.8, 4) is 0 Å². The van der Waals surface area contributed by atoms with Crippen LogP contribution in [-0.4, -0.2) is 23.9 Å². The van der Waals surface area contributed by atoms with Gasteiger partial charge >= 0.3 is 0 Å². The highest BCUT2D eigenvalue weighted by atomic mass is 127. The second kappa shape index (κ2) is 6.04. The predicted octanol–water partition coefficient (Wildman–Crippen LogP) is 3.73. The van der Waals surface area contributed by atoms with Gasteiger partial charge in [-0.2, -0.15) is 0 Å². The van der Waals surface area contributed by atoms with Gasteiger partial charge in [-0.05, 0) is 65.5 Å². The molecule has 0 N–H and O–H groups in total. The number of nitrogens with zero attached hydrogens (tertiary/aromatic N) is 1. The van der Waals surface area contributed by atoms with Crippen LogP contribution in [0.5, 0.6) is 0 Å². The number of amides is 1. The van der Waals surface area contributed by atoms with Gasteiger partial charge in [0, 0.05) is 22.2 Å². The van der Waals surface area contributed by atoms with Crippen LogP contribution in [0, 0.1) is 9.49 Å². The smallest absolute Gasteiger partial charge is 0.254 e. The Balaban J connectivity index is 2.03. The lowest BCUT2D eigenvalue weighted by atomic mass is 9.98. The van der Waals surface area contributed by atoms with Gasteiger partial charge in [-0.25, -0.2) is 0 Å². The molecule has 0 fully saturated rings. The molecule has 0 aliphatic carbocycles. The van der Waals surface area contributed by atoms with E-state index in [2.05, 4.69) is 48.6 Å². The van der Waals surface area contributed by atoms with Gasteiger partial charge in [0.15, 0.2) is 0 Å². The molecule has 3 heteroatoms. The van der Waals surface area contributed by atoms with Gasteiger partial charge in [0.25, 0.3) is 5.91 Å². The van der Waals surface area contributed by atoms with E-state index < -0.39 is 0 Å². The minimum absolute atomic E-state index is 0.221. The van der Waals surface area contributed by atoms with Crippen molar-refractivity contribution in [3.63, 3.8) is 0 Å². The summed E-state index contributed by atoms with van der Waals surface area (Å²) in [5.41, 5.74) is 2.12. The first-order valence-corrected chi connectivity index (χ1v) is 7.73. The zero-order valence-corrected chi connectivity index (χ0v) is 13.2. The fraction of sp³-hybridized carbons (Fsp3) is 0.533. The van der Waals surface area contributed by atoms with Gasteiger partial charge in [-0.15, -0.1) is 0 Å². The highest BCUT2D eigenvalue weighted by molar-refractivity contribution is 14.1. The lowest BCUT2D eigenvalue weighted by Crippen LogP contribution is -2.38. The average molecular weight is 357 g/mol. The summed E-state index contributed by atoms with van der Waals surface area (Å²) in [6.45, 7) is 6.25. The third-order valence-electron chi connectivity index (χ3n) is 3.45. The van der Waals surface area contributed by atoms with Crippen LogP contribution in [-0.2, 0) is 6.42 Å². The van der Waals surface area contributed by atoms with Crippen molar-refractivity contribution in [2.45, 2.75) is 33.1 Å². The van der Waals surface area contributed by atoms with Crippen molar-refractivity contribution in [1.29, 1.82) is 0 Å². The van der Waals surface area contributed by atoms with Crippen molar-refractivity contribution >= 4 is 28.5 Å². The van der Waals surface area contributed by atoms with E-state index in [9.17, 15) is 4.79 Å². The van der Waals surface area contributed by atoms with Gasteiger partial charge in [-0.3, -0.25) is 4.79 Å². The molecule has 1 amide bonds. The Morgan fingerprint density at radius 1 is 1.39 bits per heavy atom. The minimum atomic E-state index is 0.221. The lowest BCUT2D eigenvalue weighted by molar-refractivity contribution is 0.0735. The molecule has 2 nitrogen and oxygen atoms in total. The normalized spacial score (nSPS) is 15.1. The van der Waals surface area contributed by atoms with E-state index in [0.29, 0.717) is 0 Å². The van der Waals surface area contributed by atoms with Crippen LogP contribution in [0.25, 0.3) is 0 Å². The molecule has 1 aromatic carbocycles. The second-order valence-electron chi connectivity index (χ2n) is 5.38. The van der Waals surface area contributed by atoms with Crippen LogP contribution in [0.2, 0.25) is 0 Å². The highest BCUT2D eigenvalue weighted by Crippen LogP contribution is 2.21. The summed E-state index contributed by atoms with van der Waals surface area (Å²) in [6, 6.07) is 6.20. The number of halogens is 1. The molecular formula is C15H20INO. The summed E-state index contributed by atoms with van der Waals surface area (Å²) < 4.78 is 1.14. The molecule has 0 atom stereocenters. The monoisotopic (exact) mass is 357 g/mol. The topological polar surface area (TPSA) is 20.3 Å². The molecule has 1 heterocycles. The molecule has 0 aromatic heterocycles. The number of benzene rings is 1. The van der Waals surface area contributed by atoms with Crippen molar-refractivity contribution in [1.82, 2.24) is 4.90 Å². The number of hydrogen-bond donors (Lipinski definition) is 0. The van der Waals surface area contributed by atoms with Gasteiger partial charge in [0.2, 0.25) is 0 Å². The number of hydrogen-bond acceptors (Lipinski definition) is 1. The largest absolute Gasteiger partial charge is 0.338 e. The van der Waals surface area contributed by atoms with Gasteiger partial charge in [0.1, 0.15) is 0 Å². The SMILES string of the molecule is CC(C)CCCN1CCc2ccc(I)cc2C1=O. The highest BCUT2D eigenvalue weighted by Gasteiger charge is 2.23. The Bertz CT molecular complexity index is 442. The molecule has 0 unspecified atom stereocenters. The fourth-order valence-corrected chi connectivity index (χ4v) is 2.89. The predicted molar refractivity (Wildman–Crippen MR) is 82.8 cm³/mol. The second-order valence-corrected chi connectivity index (χ2v) is 6.63. The number of fused-ring (bicyclic) bond motifs is 1. The Labute approximate surface area is 123 Å². The molecule has 0 saturated carbocycles. The molecule has 0 spiro atoms. The molecule has 0 radical (unpaired) electrons. The first-order chi connectivity index (χ1) is 8.58. The van der Waals surface area contributed by atoms with E-state index in [0.717, 1.165) is 41.0 Å². The maximum absolute atomic E-state index is 12.4. The van der Waals surface area contributed by atoms with Crippen LogP contribution >= 0.6 is 22.6 Å². The molecule has 2 rings (SSSR count). The Kier molecular flexibility index (Phi) is 4.65. The lowest BCUT2D eigenvalue weighted by Gasteiger charge is -2.29. The van der Waals surface area contributed by atoms with Crippen molar-refractivity contribution in [3.05, 3.63) is 32.9 Å². The van der Waals surface area contributed by atoms with E-state index in [-0.39, 0.29) is 5.91 Å². The van der Waals surface area contributed by atoms with Crippen LogP contribution < -0.4 is 0 Å². The molecule has 0 bridgehead atoms. The quantitative estimate of drug-likeness (QED) is 0.752. The summed E-state index contributed by atoms with van der Waals surface area (Å²) >= 11 is 2.27. The van der Waals surface area contributed by atoms with E-state index in [4.69, 9.17) is 0 Å². The summed E-state index contributed by atoms with van der Waals surface area (Å²) in [4.78, 5) is 14.4. The molecular weight excluding hydrogens is 337 g/mol. The van der Waals surface area contributed by atoms with Crippen LogP contribution in [0.1, 0.15) is 42.6 Å². The van der Waals surface area contributed by atoms with Crippen LogP contribution in [0.15, 0.2) is 18.2 Å². The molecule has 1 aliphatic heterocycles. The summed E-state index contributed by atoms with van der Waals surface area (Å²) in [7, 11) is 0. The Hall–Kier alpha value is -0.580. The summed E-state index contributed by atoms with van der Waals surface area (Å²) in [6.07, 6.45) is 3.31. The first kappa shape index (κ1) is 13.8. The minimum Gasteiger partial charge on any atom is -0.338 e. The zero-order chi connectivity index (χ0) is 13.1. The molecule has 98 valence electrons. The van der Waals surface area contributed by atoms with Gasteiger partial charge in [-0.1, -0.05) is 19.9 Å². The van der Waals surface area contributed by atoms with Crippen molar-refractivity contribution in [2.75, 3.05) is 13.1 Å². The Morgan fingerprint density at radius 2 is 2.17 bits per heavy atom. The van der Waals surface area contributed by atoms with Crippen LogP contribution in [0.3, 0.4) is 0 Å². The van der Waals surface area contributed by atoms with Crippen molar-refractivity contribution < 1.29 is 4.79 Å². The van der Waals surface area contributed by atoms with E-state index in [1.807, 2.05) is 11.0 Å². The summed E-state index contributed by atoms with van der Waals surface area (Å²) in [5, 5.41) is 0. The maximum atomic E-state index is 12.4. The third-order valence-corrected chi connectivity index (χ3v) is 4.12. The van der Waals surface area contributed by atoms with Gasteiger partial charge < -0.3 is 4.90 Å². The fourth-order valence-electron chi connectivity index (χ4n) is 2.40.